The average Bonchev–Trinajstić information content (AvgIpc) is 3.30. The number of oxime groups is 1. The molecule has 3 N–H and O–H groups in total. The number of rotatable bonds is 11. The number of esters is 1. The second-order valence-electron chi connectivity index (χ2n) is 7.60. The number of anilines is 1. The highest BCUT2D eigenvalue weighted by Gasteiger charge is 2.54. The highest BCUT2D eigenvalue weighted by Crippen LogP contribution is 2.40. The molecule has 14 nitrogen and oxygen atoms in total. The zero-order valence-electron chi connectivity index (χ0n) is 19.6. The van der Waals surface area contributed by atoms with Gasteiger partial charge in [0.2, 0.25) is 0 Å². The first-order chi connectivity index (χ1) is 18.0. The van der Waals surface area contributed by atoms with E-state index in [0.29, 0.717) is 0 Å². The number of thiazole rings is 1. The molecule has 0 aliphatic carbocycles. The van der Waals surface area contributed by atoms with Crippen LogP contribution >= 0.6 is 46.3 Å². The lowest BCUT2D eigenvalue weighted by molar-refractivity contribution is -0.150. The van der Waals surface area contributed by atoms with E-state index in [-0.39, 0.29) is 33.4 Å². The SMILES string of the molecule is CO/N=C(\C(=O)N[C@@H]1C(=O)N2C(C(=O)O)=C(COC(=O)CC(C)=O)CS[C@@H]12)c1ncsc1NC(=O)C(Cl)Cl. The Bertz CT molecular complexity index is 1250. The summed E-state index contributed by atoms with van der Waals surface area (Å²) in [5.41, 5.74) is 0.672. The Labute approximate surface area is 232 Å². The predicted octanol–water partition coefficient (Wildman–Crippen LogP) is 0.497. The number of Topliss-reactive ketones (excluding diaryl/α,β-unsaturated/α-hetero) is 1. The molecule has 3 heterocycles. The number of aliphatic carboxylic acids is 1. The number of aromatic nitrogens is 1. The first kappa shape index (κ1) is 29.3. The maximum atomic E-state index is 13.1. The van der Waals surface area contributed by atoms with Crippen molar-refractivity contribution >= 4 is 92.5 Å². The largest absolute Gasteiger partial charge is 0.477 e. The van der Waals surface area contributed by atoms with Gasteiger partial charge in [-0.1, -0.05) is 28.4 Å². The number of amides is 3. The molecule has 204 valence electrons. The molecule has 1 saturated heterocycles. The Kier molecular flexibility index (Phi) is 9.70. The average molecular weight is 608 g/mol. The molecule has 0 aromatic carbocycles. The minimum atomic E-state index is -1.42. The van der Waals surface area contributed by atoms with Gasteiger partial charge in [-0.05, 0) is 6.92 Å². The number of nitrogens with zero attached hydrogens (tertiary/aromatic N) is 3. The van der Waals surface area contributed by atoms with Crippen molar-refractivity contribution in [2.75, 3.05) is 24.8 Å². The highest BCUT2D eigenvalue weighted by molar-refractivity contribution is 8.00. The lowest BCUT2D eigenvalue weighted by Gasteiger charge is -2.49. The van der Waals surface area contributed by atoms with Gasteiger partial charge >= 0.3 is 11.9 Å². The molecule has 2 atom stereocenters. The summed E-state index contributed by atoms with van der Waals surface area (Å²) in [6.45, 7) is 0.795. The number of carboxylic acid groups (broad SMARTS) is 1. The number of alkyl halides is 2. The summed E-state index contributed by atoms with van der Waals surface area (Å²) < 4.78 is 4.98. The number of carbonyl (C=O) groups excluding carboxylic acids is 5. The molecule has 0 bridgehead atoms. The van der Waals surface area contributed by atoms with E-state index in [9.17, 15) is 33.9 Å². The fourth-order valence-electron chi connectivity index (χ4n) is 3.38. The van der Waals surface area contributed by atoms with Crippen LogP contribution in [0, 0.1) is 0 Å². The molecule has 0 radical (unpaired) electrons. The molecule has 3 amide bonds. The number of ether oxygens (including phenoxy) is 1. The molecule has 2 aliphatic rings. The zero-order valence-corrected chi connectivity index (χ0v) is 22.7. The number of nitrogens with one attached hydrogen (secondary N) is 2. The summed E-state index contributed by atoms with van der Waals surface area (Å²) in [6.07, 6.45) is -0.462. The van der Waals surface area contributed by atoms with Crippen molar-refractivity contribution < 1.29 is 43.4 Å². The third-order valence-electron chi connectivity index (χ3n) is 4.96. The number of β-lactam (4-membered cyclic amide) rings is 1. The number of fused-ring (bicyclic) bond motifs is 1. The first-order valence-corrected chi connectivity index (χ1v) is 13.3. The van der Waals surface area contributed by atoms with E-state index in [2.05, 4.69) is 20.8 Å². The molecule has 1 fully saturated rings. The summed E-state index contributed by atoms with van der Waals surface area (Å²) in [5.74, 6) is -4.96. The Morgan fingerprint density at radius 2 is 2.03 bits per heavy atom. The van der Waals surface area contributed by atoms with Gasteiger partial charge in [0.05, 0.1) is 5.51 Å². The van der Waals surface area contributed by atoms with Crippen molar-refractivity contribution in [1.82, 2.24) is 15.2 Å². The molecule has 0 spiro atoms. The van der Waals surface area contributed by atoms with Crippen molar-refractivity contribution in [2.45, 2.75) is 29.6 Å². The van der Waals surface area contributed by atoms with E-state index >= 15 is 0 Å². The first-order valence-electron chi connectivity index (χ1n) is 10.5. The minimum absolute atomic E-state index is 0.0719. The van der Waals surface area contributed by atoms with Gasteiger partial charge in [-0.2, -0.15) is 0 Å². The van der Waals surface area contributed by atoms with Crippen LogP contribution in [0.5, 0.6) is 0 Å². The van der Waals surface area contributed by atoms with E-state index in [0.717, 1.165) is 28.0 Å². The summed E-state index contributed by atoms with van der Waals surface area (Å²) in [6, 6.07) is -1.13. The maximum absolute atomic E-state index is 13.1. The molecule has 0 saturated carbocycles. The van der Waals surface area contributed by atoms with Crippen LogP contribution in [0.4, 0.5) is 5.00 Å². The number of carboxylic acids is 1. The molecule has 1 aromatic rings. The van der Waals surface area contributed by atoms with Gasteiger partial charge in [-0.3, -0.25) is 28.9 Å². The van der Waals surface area contributed by atoms with Crippen molar-refractivity contribution in [2.24, 2.45) is 5.16 Å². The van der Waals surface area contributed by atoms with Crippen molar-refractivity contribution in [3.63, 3.8) is 0 Å². The lowest BCUT2D eigenvalue weighted by atomic mass is 10.0. The summed E-state index contributed by atoms with van der Waals surface area (Å²) in [7, 11) is 1.17. The fraction of sp³-hybridized carbons (Fsp3) is 0.400. The van der Waals surface area contributed by atoms with Gasteiger partial charge in [0.1, 0.15) is 53.7 Å². The molecule has 1 aromatic heterocycles. The van der Waals surface area contributed by atoms with Crippen LogP contribution in [0.1, 0.15) is 19.0 Å². The monoisotopic (exact) mass is 607 g/mol. The van der Waals surface area contributed by atoms with Crippen LogP contribution in [-0.2, 0) is 38.3 Å². The summed E-state index contributed by atoms with van der Waals surface area (Å²) in [5, 5.41) is 17.6. The number of ketones is 1. The number of carbonyl (C=O) groups is 6. The molecule has 18 heteroatoms. The van der Waals surface area contributed by atoms with Crippen LogP contribution in [0.3, 0.4) is 0 Å². The van der Waals surface area contributed by atoms with Gasteiger partial charge < -0.3 is 25.3 Å². The Morgan fingerprint density at radius 1 is 1.32 bits per heavy atom. The highest BCUT2D eigenvalue weighted by atomic mass is 35.5. The van der Waals surface area contributed by atoms with Crippen molar-refractivity contribution in [3.8, 4) is 0 Å². The Morgan fingerprint density at radius 3 is 2.63 bits per heavy atom. The minimum Gasteiger partial charge on any atom is -0.477 e. The summed E-state index contributed by atoms with van der Waals surface area (Å²) in [4.78, 5) is 80.9. The third kappa shape index (κ3) is 6.43. The van der Waals surface area contributed by atoms with Gasteiger partial charge in [0, 0.05) is 11.3 Å². The number of halogens is 2. The van der Waals surface area contributed by atoms with E-state index in [1.165, 1.54) is 19.5 Å². The van der Waals surface area contributed by atoms with E-state index in [4.69, 9.17) is 32.8 Å². The number of hydrogen-bond acceptors (Lipinski definition) is 12. The normalized spacial score (nSPS) is 18.9. The molecule has 3 rings (SSSR count). The van der Waals surface area contributed by atoms with Crippen LogP contribution < -0.4 is 10.6 Å². The van der Waals surface area contributed by atoms with E-state index < -0.39 is 64.7 Å². The summed E-state index contributed by atoms with van der Waals surface area (Å²) >= 11 is 13.2. The van der Waals surface area contributed by atoms with Crippen molar-refractivity contribution in [1.29, 1.82) is 0 Å². The second kappa shape index (κ2) is 12.6. The van der Waals surface area contributed by atoms with Crippen LogP contribution in [-0.4, -0.2) is 91.9 Å². The molecule has 0 unspecified atom stereocenters. The quantitative estimate of drug-likeness (QED) is 0.0791. The Balaban J connectivity index is 1.76. The van der Waals surface area contributed by atoms with E-state index in [1.807, 2.05) is 0 Å². The molecular formula is C20H19Cl2N5O9S2. The van der Waals surface area contributed by atoms with Gasteiger partial charge in [-0.25, -0.2) is 9.78 Å². The standard InChI is InChI=1S/C20H19Cl2N5O9S2/c1-7(28)3-9(29)36-4-8-5-37-19-12(18(32)27(19)13(8)20(33)34)24-15(30)10(26-35-2)11-17(38-6-23-11)25-16(31)14(21)22/h6,12,14,19H,3-5H2,1-2H3,(H,24,30)(H,25,31)(H,33,34)/b26-10-/t12-,19+/m1/s1. The van der Waals surface area contributed by atoms with Crippen LogP contribution in [0.2, 0.25) is 0 Å². The smallest absolute Gasteiger partial charge is 0.352 e. The number of thioether (sulfide) groups is 1. The molecule has 38 heavy (non-hydrogen) atoms. The number of hydrogen-bond donors (Lipinski definition) is 3. The predicted molar refractivity (Wildman–Crippen MR) is 136 cm³/mol. The maximum Gasteiger partial charge on any atom is 0.352 e. The fourth-order valence-corrected chi connectivity index (χ4v) is 5.50. The topological polar surface area (TPSA) is 194 Å². The lowest BCUT2D eigenvalue weighted by Crippen LogP contribution is -2.71. The zero-order chi connectivity index (χ0) is 28.1. The van der Waals surface area contributed by atoms with E-state index in [1.54, 1.807) is 0 Å². The van der Waals surface area contributed by atoms with Gasteiger partial charge in [0.25, 0.3) is 17.7 Å². The van der Waals surface area contributed by atoms with Crippen LogP contribution in [0.15, 0.2) is 21.9 Å². The van der Waals surface area contributed by atoms with Gasteiger partial charge in [-0.15, -0.1) is 23.1 Å². The third-order valence-corrected chi connectivity index (χ3v) is 7.44. The van der Waals surface area contributed by atoms with Gasteiger partial charge in [0.15, 0.2) is 10.5 Å². The van der Waals surface area contributed by atoms with Crippen LogP contribution in [0.25, 0.3) is 0 Å². The second-order valence-corrected chi connectivity index (χ2v) is 10.7. The van der Waals surface area contributed by atoms with Crippen molar-refractivity contribution in [3.05, 3.63) is 22.5 Å². The molecule has 2 aliphatic heterocycles. The Hall–Kier alpha value is -3.21. The molecular weight excluding hydrogens is 589 g/mol.